The topological polar surface area (TPSA) is 76.7 Å². The lowest BCUT2D eigenvalue weighted by molar-refractivity contribution is -0.115. The molecule has 0 spiro atoms. The molecule has 2 amide bonds. The summed E-state index contributed by atoms with van der Waals surface area (Å²) >= 11 is 4.54. The molecule has 0 bridgehead atoms. The Bertz CT molecular complexity index is 1190. The fraction of sp³-hybridized carbons (Fsp3) is 0.200. The van der Waals surface area contributed by atoms with Gasteiger partial charge in [-0.2, -0.15) is 0 Å². The summed E-state index contributed by atoms with van der Waals surface area (Å²) in [5.41, 5.74) is 1.13. The predicted molar refractivity (Wildman–Crippen MR) is 137 cm³/mol. The van der Waals surface area contributed by atoms with E-state index in [1.165, 1.54) is 38.1 Å². The molecule has 3 aromatic rings. The number of thioether (sulfide) groups is 1. The van der Waals surface area contributed by atoms with Gasteiger partial charge in [0.25, 0.3) is 5.91 Å². The molecule has 0 radical (unpaired) electrons. The second kappa shape index (κ2) is 11.9. The van der Waals surface area contributed by atoms with Gasteiger partial charge >= 0.3 is 0 Å². The number of amides is 2. The summed E-state index contributed by atoms with van der Waals surface area (Å²) < 4.78 is 25.2. The highest BCUT2D eigenvalue weighted by Gasteiger charge is 2.20. The number of carbonyl (C=O) groups excluding carboxylic acids is 2. The maximum atomic E-state index is 14.1. The Morgan fingerprint density at radius 2 is 1.76 bits per heavy atom. The molecule has 0 saturated heterocycles. The highest BCUT2D eigenvalue weighted by molar-refractivity contribution is 9.10. The third kappa shape index (κ3) is 6.51. The number of carbonyl (C=O) groups is 2. The molecule has 2 N–H and O–H groups in total. The van der Waals surface area contributed by atoms with Gasteiger partial charge in [-0.05, 0) is 61.0 Å². The molecule has 1 atom stereocenters. The zero-order valence-corrected chi connectivity index (χ0v) is 21.3. The minimum Gasteiger partial charge on any atom is -0.493 e. The molecule has 3 rings (SSSR count). The molecule has 6 nitrogen and oxygen atoms in total. The second-order valence-corrected chi connectivity index (χ2v) is 9.37. The van der Waals surface area contributed by atoms with Crippen molar-refractivity contribution in [3.8, 4) is 11.5 Å². The Morgan fingerprint density at radius 3 is 2.44 bits per heavy atom. The van der Waals surface area contributed by atoms with Gasteiger partial charge < -0.3 is 20.1 Å². The molecule has 0 aliphatic rings. The second-order valence-electron chi connectivity index (χ2n) is 7.18. The lowest BCUT2D eigenvalue weighted by Crippen LogP contribution is -2.25. The van der Waals surface area contributed by atoms with Gasteiger partial charge in [-0.1, -0.05) is 28.9 Å². The van der Waals surface area contributed by atoms with E-state index >= 15 is 0 Å². The summed E-state index contributed by atoms with van der Waals surface area (Å²) in [6.07, 6.45) is 0.539. The number of anilines is 2. The Labute approximate surface area is 210 Å². The number of halogens is 2. The molecule has 3 aromatic carbocycles. The van der Waals surface area contributed by atoms with Gasteiger partial charge in [-0.3, -0.25) is 9.59 Å². The molecule has 9 heteroatoms. The first-order valence-corrected chi connectivity index (χ1v) is 12.1. The van der Waals surface area contributed by atoms with Crippen LogP contribution < -0.4 is 20.1 Å². The lowest BCUT2D eigenvalue weighted by atomic mass is 10.2. The minimum atomic E-state index is -0.512. The monoisotopic (exact) mass is 546 g/mol. The third-order valence-corrected chi connectivity index (χ3v) is 6.72. The molecule has 0 aliphatic carbocycles. The molecular weight excluding hydrogens is 523 g/mol. The van der Waals surface area contributed by atoms with Crippen molar-refractivity contribution in [3.05, 3.63) is 76.5 Å². The van der Waals surface area contributed by atoms with Crippen molar-refractivity contribution >= 4 is 50.9 Å². The van der Waals surface area contributed by atoms with Crippen molar-refractivity contribution in [3.63, 3.8) is 0 Å². The largest absolute Gasteiger partial charge is 0.493 e. The fourth-order valence-electron chi connectivity index (χ4n) is 3.12. The highest BCUT2D eigenvalue weighted by atomic mass is 79.9. The van der Waals surface area contributed by atoms with E-state index in [-0.39, 0.29) is 17.5 Å². The Morgan fingerprint density at radius 1 is 1.00 bits per heavy atom. The molecule has 178 valence electrons. The van der Waals surface area contributed by atoms with Crippen LogP contribution in [0, 0.1) is 5.82 Å². The Kier molecular flexibility index (Phi) is 8.95. The normalized spacial score (nSPS) is 11.4. The minimum absolute atomic E-state index is 0.128. The molecule has 0 aliphatic heterocycles. The first kappa shape index (κ1) is 25.6. The summed E-state index contributed by atoms with van der Waals surface area (Å²) in [7, 11) is 3.03. The van der Waals surface area contributed by atoms with Gasteiger partial charge in [0, 0.05) is 20.6 Å². The lowest BCUT2D eigenvalue weighted by Gasteiger charge is -2.16. The van der Waals surface area contributed by atoms with Crippen LogP contribution in [-0.2, 0) is 4.79 Å². The number of rotatable bonds is 9. The fourth-order valence-corrected chi connectivity index (χ4v) is 4.46. The van der Waals surface area contributed by atoms with Crippen LogP contribution in [0.25, 0.3) is 0 Å². The van der Waals surface area contributed by atoms with E-state index in [1.54, 1.807) is 42.5 Å². The van der Waals surface area contributed by atoms with E-state index in [0.29, 0.717) is 33.6 Å². The summed E-state index contributed by atoms with van der Waals surface area (Å²) in [5, 5.41) is 5.06. The van der Waals surface area contributed by atoms with E-state index in [2.05, 4.69) is 26.6 Å². The van der Waals surface area contributed by atoms with E-state index in [9.17, 15) is 14.0 Å². The SMILES string of the molecule is CCC(Sc1cccc(NC(=O)c2ccc(OC)c(OC)c2)c1)C(=O)Nc1ccc(Br)cc1F. The van der Waals surface area contributed by atoms with Crippen LogP contribution in [0.3, 0.4) is 0 Å². The van der Waals surface area contributed by atoms with Gasteiger partial charge in [0.1, 0.15) is 5.82 Å². The van der Waals surface area contributed by atoms with Crippen molar-refractivity contribution in [2.24, 2.45) is 0 Å². The number of methoxy groups -OCH3 is 2. The summed E-state index contributed by atoms with van der Waals surface area (Å²) in [4.78, 5) is 26.3. The van der Waals surface area contributed by atoms with Crippen LogP contribution in [0.2, 0.25) is 0 Å². The van der Waals surface area contributed by atoms with Gasteiger partial charge in [0.05, 0.1) is 25.2 Å². The van der Waals surface area contributed by atoms with Crippen LogP contribution in [0.1, 0.15) is 23.7 Å². The third-order valence-electron chi connectivity index (χ3n) is 4.87. The Hall–Kier alpha value is -3.04. The molecule has 0 aromatic heterocycles. The predicted octanol–water partition coefficient (Wildman–Crippen LogP) is 6.37. The van der Waals surface area contributed by atoms with E-state index in [1.807, 2.05) is 13.0 Å². The summed E-state index contributed by atoms with van der Waals surface area (Å²) in [5.74, 6) is -0.127. The zero-order chi connectivity index (χ0) is 24.7. The van der Waals surface area contributed by atoms with Crippen molar-refractivity contribution in [2.75, 3.05) is 24.9 Å². The number of nitrogens with one attached hydrogen (secondary N) is 2. The van der Waals surface area contributed by atoms with Crippen molar-refractivity contribution < 1.29 is 23.5 Å². The maximum Gasteiger partial charge on any atom is 0.255 e. The standard InChI is InChI=1S/C25H24BrFN2O4S/c1-4-23(25(31)29-20-10-9-16(26)13-19(20)27)34-18-7-5-6-17(14-18)28-24(30)15-8-11-21(32-2)22(12-15)33-3/h5-14,23H,4H2,1-3H3,(H,28,30)(H,29,31). The van der Waals surface area contributed by atoms with E-state index < -0.39 is 11.1 Å². The Balaban J connectivity index is 1.69. The first-order valence-electron chi connectivity index (χ1n) is 10.4. The van der Waals surface area contributed by atoms with Crippen LogP contribution >= 0.6 is 27.7 Å². The zero-order valence-electron chi connectivity index (χ0n) is 18.9. The van der Waals surface area contributed by atoms with Crippen LogP contribution in [-0.4, -0.2) is 31.3 Å². The van der Waals surface area contributed by atoms with Gasteiger partial charge in [-0.25, -0.2) is 4.39 Å². The molecule has 0 saturated carbocycles. The van der Waals surface area contributed by atoms with Gasteiger partial charge in [0.15, 0.2) is 11.5 Å². The van der Waals surface area contributed by atoms with Crippen molar-refractivity contribution in [1.29, 1.82) is 0 Å². The molecule has 0 heterocycles. The smallest absolute Gasteiger partial charge is 0.255 e. The number of hydrogen-bond donors (Lipinski definition) is 2. The summed E-state index contributed by atoms with van der Waals surface area (Å²) in [6, 6.07) is 16.6. The summed E-state index contributed by atoms with van der Waals surface area (Å²) in [6.45, 7) is 1.89. The van der Waals surface area contributed by atoms with Gasteiger partial charge in [0.2, 0.25) is 5.91 Å². The van der Waals surface area contributed by atoms with Crippen LogP contribution in [0.15, 0.2) is 70.0 Å². The number of hydrogen-bond acceptors (Lipinski definition) is 5. The quantitative estimate of drug-likeness (QED) is 0.305. The first-order chi connectivity index (χ1) is 16.3. The van der Waals surface area contributed by atoms with Crippen LogP contribution in [0.5, 0.6) is 11.5 Å². The number of benzene rings is 3. The number of ether oxygens (including phenoxy) is 2. The van der Waals surface area contributed by atoms with E-state index in [4.69, 9.17) is 9.47 Å². The molecule has 0 fully saturated rings. The average molecular weight is 547 g/mol. The van der Waals surface area contributed by atoms with Crippen LogP contribution in [0.4, 0.5) is 15.8 Å². The van der Waals surface area contributed by atoms with E-state index in [0.717, 1.165) is 4.90 Å². The van der Waals surface area contributed by atoms with Crippen molar-refractivity contribution in [1.82, 2.24) is 0 Å². The molecule has 34 heavy (non-hydrogen) atoms. The average Bonchev–Trinajstić information content (AvgIpc) is 2.83. The van der Waals surface area contributed by atoms with Crippen molar-refractivity contribution in [2.45, 2.75) is 23.5 Å². The maximum absolute atomic E-state index is 14.1. The highest BCUT2D eigenvalue weighted by Crippen LogP contribution is 2.30. The molecule has 1 unspecified atom stereocenters. The molecular formula is C25H24BrFN2O4S. The van der Waals surface area contributed by atoms with Gasteiger partial charge in [-0.15, -0.1) is 11.8 Å².